The Kier molecular flexibility index (Phi) is 12.0. The summed E-state index contributed by atoms with van der Waals surface area (Å²) in [6, 6.07) is 46.6. The van der Waals surface area contributed by atoms with Crippen molar-refractivity contribution in [3.8, 4) is 33.6 Å². The van der Waals surface area contributed by atoms with E-state index in [2.05, 4.69) is 161 Å². The average molecular weight is 779 g/mol. The molecule has 2 heterocycles. The van der Waals surface area contributed by atoms with Gasteiger partial charge in [-0.1, -0.05) is 124 Å². The van der Waals surface area contributed by atoms with E-state index < -0.39 is 0 Å². The molecule has 235 valence electrons. The first-order valence-electron chi connectivity index (χ1n) is 15.7. The molecule has 0 saturated heterocycles. The minimum atomic E-state index is -0.0804. The zero-order valence-corrected chi connectivity index (χ0v) is 30.0. The van der Waals surface area contributed by atoms with Crippen LogP contribution >= 0.6 is 0 Å². The predicted octanol–water partition coefficient (Wildman–Crippen LogP) is 10.9. The van der Waals surface area contributed by atoms with Gasteiger partial charge in [-0.3, -0.25) is 0 Å². The van der Waals surface area contributed by atoms with Crippen molar-refractivity contribution in [2.24, 2.45) is 5.92 Å². The summed E-state index contributed by atoms with van der Waals surface area (Å²) in [7, 11) is 0. The minimum Gasteiger partial charge on any atom is -0.305 e. The molecule has 0 aliphatic heterocycles. The quantitative estimate of drug-likeness (QED) is 0.151. The van der Waals surface area contributed by atoms with Crippen molar-refractivity contribution >= 4 is 0 Å². The van der Waals surface area contributed by atoms with Crippen molar-refractivity contribution in [3.05, 3.63) is 168 Å². The zero-order chi connectivity index (χ0) is 31.8. The number of pyridine rings is 2. The third kappa shape index (κ3) is 8.75. The van der Waals surface area contributed by atoms with Gasteiger partial charge in [0.05, 0.1) is 0 Å². The fourth-order valence-electron chi connectivity index (χ4n) is 5.43. The Bertz CT molecular complexity index is 1810. The Morgan fingerprint density at radius 3 is 1.87 bits per heavy atom. The van der Waals surface area contributed by atoms with Gasteiger partial charge in [0.15, 0.2) is 0 Å². The van der Waals surface area contributed by atoms with Crippen LogP contribution in [0.4, 0.5) is 0 Å². The molecule has 0 spiro atoms. The molecule has 0 N–H and O–H groups in total. The number of nitrogens with zero attached hydrogens (tertiary/aromatic N) is 2. The second-order valence-corrected chi connectivity index (χ2v) is 12.7. The molecular weight excluding hydrogens is 737 g/mol. The van der Waals surface area contributed by atoms with Gasteiger partial charge in [-0.15, -0.1) is 65.2 Å². The Hall–Kier alpha value is -4.17. The first kappa shape index (κ1) is 34.7. The van der Waals surface area contributed by atoms with Crippen LogP contribution in [0.15, 0.2) is 128 Å². The molecular formula is C43H42IrN2-2. The molecule has 0 bridgehead atoms. The Morgan fingerprint density at radius 2 is 1.28 bits per heavy atom. The molecule has 0 fully saturated rings. The SMILES string of the molecule is CC(C)(c1ccccc1)c1ccnc(-c2[c-]cc(-c3ccccc3)cc2)c1.Cc1c[c-]c(-c2cc(C)c(CC(C)C)cn2)cc1.[Ir]. The van der Waals surface area contributed by atoms with Crippen molar-refractivity contribution in [3.63, 3.8) is 0 Å². The van der Waals surface area contributed by atoms with Gasteiger partial charge in [-0.2, -0.15) is 0 Å². The van der Waals surface area contributed by atoms with Gasteiger partial charge in [0, 0.05) is 37.9 Å². The number of rotatable bonds is 7. The molecule has 0 saturated carbocycles. The predicted molar refractivity (Wildman–Crippen MR) is 189 cm³/mol. The summed E-state index contributed by atoms with van der Waals surface area (Å²) in [6.07, 6.45) is 5.00. The maximum Gasteiger partial charge on any atom is 0.0195 e. The standard InChI is InChI=1S/C26H22N.C17H20N.Ir/c1-26(2,23-11-7-4-8-12-23)24-17-18-27-25(19-24)22-15-13-21(14-16-22)20-9-5-3-6-10-20;1-12(2)9-16-11-18-17(10-14(16)4)15-7-5-13(3)6-8-15;/h3-15,17-19H,1-2H3;5-7,10-12H,9H2,1-4H3;/q2*-1;. The van der Waals surface area contributed by atoms with Gasteiger partial charge in [-0.05, 0) is 53.4 Å². The average Bonchev–Trinajstić information content (AvgIpc) is 3.07. The van der Waals surface area contributed by atoms with Gasteiger partial charge >= 0.3 is 0 Å². The van der Waals surface area contributed by atoms with Gasteiger partial charge < -0.3 is 9.97 Å². The molecule has 0 amide bonds. The van der Waals surface area contributed by atoms with Crippen LogP contribution in [0, 0.1) is 31.9 Å². The number of hydrogen-bond donors (Lipinski definition) is 0. The maximum atomic E-state index is 4.59. The molecule has 0 atom stereocenters. The fraction of sp³-hybridized carbons (Fsp3) is 0.209. The normalized spacial score (nSPS) is 10.9. The van der Waals surface area contributed by atoms with Crippen LogP contribution in [0.5, 0.6) is 0 Å². The Morgan fingerprint density at radius 1 is 0.652 bits per heavy atom. The van der Waals surface area contributed by atoms with E-state index in [1.54, 1.807) is 0 Å². The minimum absolute atomic E-state index is 0. The summed E-state index contributed by atoms with van der Waals surface area (Å²) >= 11 is 0. The van der Waals surface area contributed by atoms with E-state index in [1.165, 1.54) is 38.9 Å². The zero-order valence-electron chi connectivity index (χ0n) is 27.6. The van der Waals surface area contributed by atoms with Gasteiger partial charge in [0.25, 0.3) is 0 Å². The number of hydrogen-bond acceptors (Lipinski definition) is 2. The van der Waals surface area contributed by atoms with E-state index in [9.17, 15) is 0 Å². The number of benzene rings is 4. The molecule has 0 unspecified atom stereocenters. The second-order valence-electron chi connectivity index (χ2n) is 12.7. The molecule has 0 aliphatic carbocycles. The molecule has 0 aliphatic rings. The van der Waals surface area contributed by atoms with Crippen LogP contribution in [0.25, 0.3) is 33.6 Å². The molecule has 4 aromatic carbocycles. The largest absolute Gasteiger partial charge is 0.305 e. The van der Waals surface area contributed by atoms with Crippen LogP contribution in [0.3, 0.4) is 0 Å². The molecule has 6 rings (SSSR count). The van der Waals surface area contributed by atoms with E-state index in [4.69, 9.17) is 0 Å². The topological polar surface area (TPSA) is 25.8 Å². The van der Waals surface area contributed by atoms with Crippen molar-refractivity contribution in [1.29, 1.82) is 0 Å². The molecule has 1 radical (unpaired) electrons. The van der Waals surface area contributed by atoms with Crippen LogP contribution < -0.4 is 0 Å². The third-order valence-electron chi connectivity index (χ3n) is 8.26. The van der Waals surface area contributed by atoms with Crippen molar-refractivity contribution in [1.82, 2.24) is 9.97 Å². The number of aryl methyl sites for hydroxylation is 2. The second kappa shape index (κ2) is 15.9. The summed E-state index contributed by atoms with van der Waals surface area (Å²) in [4.78, 5) is 9.15. The fourth-order valence-corrected chi connectivity index (χ4v) is 5.43. The van der Waals surface area contributed by atoms with E-state index in [1.807, 2.05) is 30.6 Å². The molecule has 6 aromatic rings. The summed E-state index contributed by atoms with van der Waals surface area (Å²) in [6.45, 7) is 13.2. The van der Waals surface area contributed by atoms with Crippen LogP contribution in [-0.2, 0) is 31.9 Å². The van der Waals surface area contributed by atoms with Crippen molar-refractivity contribution < 1.29 is 20.1 Å². The maximum absolute atomic E-state index is 4.59. The van der Waals surface area contributed by atoms with Gasteiger partial charge in [0.1, 0.15) is 0 Å². The van der Waals surface area contributed by atoms with E-state index >= 15 is 0 Å². The van der Waals surface area contributed by atoms with Crippen molar-refractivity contribution in [2.75, 3.05) is 0 Å². The summed E-state index contributed by atoms with van der Waals surface area (Å²) < 4.78 is 0. The van der Waals surface area contributed by atoms with E-state index in [-0.39, 0.29) is 25.5 Å². The monoisotopic (exact) mass is 779 g/mol. The molecule has 3 heteroatoms. The van der Waals surface area contributed by atoms with Gasteiger partial charge in [0.2, 0.25) is 0 Å². The van der Waals surface area contributed by atoms with Crippen LogP contribution in [-0.4, -0.2) is 9.97 Å². The van der Waals surface area contributed by atoms with Crippen LogP contribution in [0.1, 0.15) is 55.5 Å². The van der Waals surface area contributed by atoms with Gasteiger partial charge in [-0.25, -0.2) is 0 Å². The summed E-state index contributed by atoms with van der Waals surface area (Å²) in [5, 5.41) is 0. The number of aromatic nitrogens is 2. The van der Waals surface area contributed by atoms with Crippen LogP contribution in [0.2, 0.25) is 0 Å². The Balaban J connectivity index is 0.000000221. The molecule has 2 nitrogen and oxygen atoms in total. The Labute approximate surface area is 289 Å². The smallest absolute Gasteiger partial charge is 0.0195 e. The molecule has 2 aromatic heterocycles. The van der Waals surface area contributed by atoms with E-state index in [0.717, 1.165) is 28.9 Å². The molecule has 46 heavy (non-hydrogen) atoms. The van der Waals surface area contributed by atoms with Crippen molar-refractivity contribution in [2.45, 2.75) is 53.4 Å². The first-order valence-corrected chi connectivity index (χ1v) is 15.7. The third-order valence-corrected chi connectivity index (χ3v) is 8.26. The first-order chi connectivity index (χ1) is 21.7. The summed E-state index contributed by atoms with van der Waals surface area (Å²) in [5.74, 6) is 0.669. The summed E-state index contributed by atoms with van der Waals surface area (Å²) in [5.41, 5.74) is 12.8. The van der Waals surface area contributed by atoms with E-state index in [0.29, 0.717) is 5.92 Å².